The van der Waals surface area contributed by atoms with E-state index >= 15 is 0 Å². The molecule has 3 aromatic rings. The standard InChI is InChI=1S/C28H40N6O2/c1-3-10-26(27-30-31-32-34(27)23-13-6-5-7-14-23)33(22-11-8-9-12-22)19-21-17-20-18-24(36-4-2)15-16-25(20)29-28(21)35/h15-18,22-23,26H,3-14,19H2,1-2H3,(H,29,35). The van der Waals surface area contributed by atoms with Crippen LogP contribution in [-0.2, 0) is 6.54 Å². The molecule has 194 valence electrons. The molecule has 8 nitrogen and oxygen atoms in total. The van der Waals surface area contributed by atoms with Crippen LogP contribution in [0.1, 0.15) is 108 Å². The van der Waals surface area contributed by atoms with Gasteiger partial charge in [-0.25, -0.2) is 4.68 Å². The first-order valence-corrected chi connectivity index (χ1v) is 14.0. The maximum atomic E-state index is 13.2. The predicted molar refractivity (Wildman–Crippen MR) is 141 cm³/mol. The van der Waals surface area contributed by atoms with Gasteiger partial charge in [-0.15, -0.1) is 5.10 Å². The topological polar surface area (TPSA) is 88.9 Å². The Morgan fingerprint density at radius 1 is 1.08 bits per heavy atom. The normalized spacial score (nSPS) is 18.3. The van der Waals surface area contributed by atoms with Crippen molar-refractivity contribution in [1.29, 1.82) is 0 Å². The Hall–Kier alpha value is -2.74. The molecule has 2 heterocycles. The van der Waals surface area contributed by atoms with Crippen LogP contribution >= 0.6 is 0 Å². The minimum atomic E-state index is -0.0169. The molecule has 2 fully saturated rings. The molecule has 0 saturated heterocycles. The molecule has 0 aliphatic heterocycles. The Morgan fingerprint density at radius 3 is 2.61 bits per heavy atom. The van der Waals surface area contributed by atoms with Crippen molar-refractivity contribution in [3.8, 4) is 5.75 Å². The number of pyridine rings is 1. The van der Waals surface area contributed by atoms with Gasteiger partial charge in [0, 0.05) is 29.1 Å². The fourth-order valence-electron chi connectivity index (χ4n) is 6.25. The molecule has 1 aromatic carbocycles. The minimum absolute atomic E-state index is 0.0169. The van der Waals surface area contributed by atoms with Gasteiger partial charge in [0.1, 0.15) is 5.75 Å². The van der Waals surface area contributed by atoms with Crippen molar-refractivity contribution in [2.75, 3.05) is 6.61 Å². The fraction of sp³-hybridized carbons (Fsp3) is 0.643. The number of nitrogens with one attached hydrogen (secondary N) is 1. The number of hydrogen-bond donors (Lipinski definition) is 1. The summed E-state index contributed by atoms with van der Waals surface area (Å²) in [6, 6.07) is 8.82. The Balaban J connectivity index is 1.51. The lowest BCUT2D eigenvalue weighted by Gasteiger charge is -2.36. The van der Waals surface area contributed by atoms with Crippen molar-refractivity contribution in [3.63, 3.8) is 0 Å². The van der Waals surface area contributed by atoms with Crippen LogP contribution in [0.25, 0.3) is 10.9 Å². The van der Waals surface area contributed by atoms with Crippen molar-refractivity contribution < 1.29 is 4.74 Å². The maximum absolute atomic E-state index is 13.2. The zero-order valence-electron chi connectivity index (χ0n) is 21.8. The second-order valence-electron chi connectivity index (χ2n) is 10.5. The molecule has 2 aliphatic carbocycles. The second kappa shape index (κ2) is 11.5. The average molecular weight is 493 g/mol. The quantitative estimate of drug-likeness (QED) is 0.390. The lowest BCUT2D eigenvalue weighted by molar-refractivity contribution is 0.105. The van der Waals surface area contributed by atoms with Gasteiger partial charge in [-0.1, -0.05) is 45.4 Å². The van der Waals surface area contributed by atoms with Crippen molar-refractivity contribution in [2.24, 2.45) is 0 Å². The Morgan fingerprint density at radius 2 is 1.86 bits per heavy atom. The van der Waals surface area contributed by atoms with Crippen molar-refractivity contribution in [3.05, 3.63) is 46.0 Å². The van der Waals surface area contributed by atoms with Crippen LogP contribution in [0, 0.1) is 0 Å². The van der Waals surface area contributed by atoms with Crippen molar-refractivity contribution in [2.45, 2.75) is 109 Å². The highest BCUT2D eigenvalue weighted by Gasteiger charge is 2.34. The van der Waals surface area contributed by atoms with Crippen LogP contribution in [0.3, 0.4) is 0 Å². The van der Waals surface area contributed by atoms with Crippen LogP contribution in [-0.4, -0.2) is 42.7 Å². The number of tetrazole rings is 1. The Bertz CT molecular complexity index is 1190. The van der Waals surface area contributed by atoms with E-state index in [0.717, 1.165) is 66.6 Å². The largest absolute Gasteiger partial charge is 0.494 e. The molecular weight excluding hydrogens is 452 g/mol. The van der Waals surface area contributed by atoms with E-state index < -0.39 is 0 Å². The van der Waals surface area contributed by atoms with Gasteiger partial charge in [0.2, 0.25) is 0 Å². The van der Waals surface area contributed by atoms with E-state index in [4.69, 9.17) is 4.74 Å². The summed E-state index contributed by atoms with van der Waals surface area (Å²) in [5, 5.41) is 14.3. The number of benzene rings is 1. The highest BCUT2D eigenvalue weighted by molar-refractivity contribution is 5.80. The van der Waals surface area contributed by atoms with Gasteiger partial charge in [-0.3, -0.25) is 9.69 Å². The molecule has 2 aliphatic rings. The third-order valence-corrected chi connectivity index (χ3v) is 8.05. The summed E-state index contributed by atoms with van der Waals surface area (Å²) in [4.78, 5) is 18.9. The molecule has 5 rings (SSSR count). The number of nitrogens with zero attached hydrogens (tertiary/aromatic N) is 5. The highest BCUT2D eigenvalue weighted by Crippen LogP contribution is 2.37. The third-order valence-electron chi connectivity index (χ3n) is 8.05. The summed E-state index contributed by atoms with van der Waals surface area (Å²) in [6.45, 7) is 5.42. The van der Waals surface area contributed by atoms with Gasteiger partial charge in [0.25, 0.3) is 5.56 Å². The van der Waals surface area contributed by atoms with E-state index in [1.54, 1.807) is 0 Å². The van der Waals surface area contributed by atoms with Gasteiger partial charge in [0.05, 0.1) is 18.7 Å². The van der Waals surface area contributed by atoms with Crippen LogP contribution < -0.4 is 10.3 Å². The molecule has 0 radical (unpaired) electrons. The van der Waals surface area contributed by atoms with Gasteiger partial charge >= 0.3 is 0 Å². The molecular formula is C28H40N6O2. The van der Waals surface area contributed by atoms with Gasteiger partial charge in [0.15, 0.2) is 5.82 Å². The number of aromatic nitrogens is 5. The van der Waals surface area contributed by atoms with E-state index in [0.29, 0.717) is 25.2 Å². The predicted octanol–water partition coefficient (Wildman–Crippen LogP) is 5.70. The number of hydrogen-bond acceptors (Lipinski definition) is 6. The lowest BCUT2D eigenvalue weighted by atomic mass is 9.95. The molecule has 36 heavy (non-hydrogen) atoms. The molecule has 0 bridgehead atoms. The molecule has 1 atom stereocenters. The van der Waals surface area contributed by atoms with E-state index in [1.807, 2.05) is 31.2 Å². The smallest absolute Gasteiger partial charge is 0.252 e. The summed E-state index contributed by atoms with van der Waals surface area (Å²) in [6.07, 6.45) is 12.9. The first-order valence-electron chi connectivity index (χ1n) is 14.0. The molecule has 0 spiro atoms. The molecule has 1 N–H and O–H groups in total. The van der Waals surface area contributed by atoms with Crippen LogP contribution in [0.2, 0.25) is 0 Å². The summed E-state index contributed by atoms with van der Waals surface area (Å²) in [7, 11) is 0. The number of aromatic amines is 1. The Kier molecular flexibility index (Phi) is 7.99. The van der Waals surface area contributed by atoms with Crippen LogP contribution in [0.4, 0.5) is 0 Å². The zero-order valence-corrected chi connectivity index (χ0v) is 21.8. The highest BCUT2D eigenvalue weighted by atomic mass is 16.5. The average Bonchev–Trinajstić information content (AvgIpc) is 3.60. The monoisotopic (exact) mass is 492 g/mol. The fourth-order valence-corrected chi connectivity index (χ4v) is 6.25. The van der Waals surface area contributed by atoms with Crippen molar-refractivity contribution in [1.82, 2.24) is 30.1 Å². The van der Waals surface area contributed by atoms with Gasteiger partial charge in [-0.2, -0.15) is 0 Å². The molecule has 2 saturated carbocycles. The van der Waals surface area contributed by atoms with Crippen LogP contribution in [0.5, 0.6) is 5.75 Å². The molecule has 8 heteroatoms. The van der Waals surface area contributed by atoms with Crippen molar-refractivity contribution >= 4 is 10.9 Å². The number of ether oxygens (including phenoxy) is 1. The summed E-state index contributed by atoms with van der Waals surface area (Å²) < 4.78 is 7.83. The van der Waals surface area contributed by atoms with E-state index in [1.165, 1.54) is 32.1 Å². The number of H-pyrrole nitrogens is 1. The second-order valence-corrected chi connectivity index (χ2v) is 10.5. The first kappa shape index (κ1) is 24.9. The zero-order chi connectivity index (χ0) is 24.9. The van der Waals surface area contributed by atoms with E-state index in [9.17, 15) is 4.79 Å². The Labute approximate surface area is 213 Å². The first-order chi connectivity index (χ1) is 17.7. The molecule has 0 amide bonds. The number of fused-ring (bicyclic) bond motifs is 1. The summed E-state index contributed by atoms with van der Waals surface area (Å²) >= 11 is 0. The van der Waals surface area contributed by atoms with E-state index in [2.05, 4.69) is 37.0 Å². The van der Waals surface area contributed by atoms with Gasteiger partial charge in [-0.05, 0) is 73.7 Å². The lowest BCUT2D eigenvalue weighted by Crippen LogP contribution is -2.39. The summed E-state index contributed by atoms with van der Waals surface area (Å²) in [5.74, 6) is 1.80. The molecule has 1 unspecified atom stereocenters. The third kappa shape index (κ3) is 5.33. The maximum Gasteiger partial charge on any atom is 0.252 e. The van der Waals surface area contributed by atoms with Crippen LogP contribution in [0.15, 0.2) is 29.1 Å². The van der Waals surface area contributed by atoms with E-state index in [-0.39, 0.29) is 11.6 Å². The number of rotatable bonds is 10. The molecule has 2 aromatic heterocycles. The minimum Gasteiger partial charge on any atom is -0.494 e. The SMILES string of the molecule is CCCC(c1nnnn1C1CCCCC1)N(Cc1cc2cc(OCC)ccc2[nH]c1=O)C1CCCC1. The van der Waals surface area contributed by atoms with Gasteiger partial charge < -0.3 is 9.72 Å². The summed E-state index contributed by atoms with van der Waals surface area (Å²) in [5.41, 5.74) is 1.61.